The third-order valence-electron chi connectivity index (χ3n) is 3.76. The number of halogens is 2. The molecule has 1 fully saturated rings. The molecule has 1 unspecified atom stereocenters. The van der Waals surface area contributed by atoms with Crippen LogP contribution in [0.1, 0.15) is 39.2 Å². The van der Waals surface area contributed by atoms with E-state index in [-0.39, 0.29) is 11.4 Å². The molecule has 0 spiro atoms. The Morgan fingerprint density at radius 2 is 2.15 bits per heavy atom. The van der Waals surface area contributed by atoms with Crippen LogP contribution in [0.2, 0.25) is 0 Å². The van der Waals surface area contributed by atoms with E-state index >= 15 is 0 Å². The van der Waals surface area contributed by atoms with Gasteiger partial charge in [-0.1, -0.05) is 22.0 Å². The number of likely N-dealkylation sites (tertiary alicyclic amines) is 1. The summed E-state index contributed by atoms with van der Waals surface area (Å²) in [7, 11) is 0. The van der Waals surface area contributed by atoms with E-state index in [0.717, 1.165) is 23.1 Å². The Morgan fingerprint density at radius 1 is 1.40 bits per heavy atom. The molecule has 2 nitrogen and oxygen atoms in total. The molecule has 1 aliphatic rings. The molecule has 0 aliphatic carbocycles. The molecule has 1 atom stereocenters. The highest BCUT2D eigenvalue weighted by atomic mass is 79.9. The van der Waals surface area contributed by atoms with Gasteiger partial charge in [0.25, 0.3) is 0 Å². The highest BCUT2D eigenvalue weighted by Gasteiger charge is 2.26. The first-order valence-electron chi connectivity index (χ1n) is 7.28. The van der Waals surface area contributed by atoms with Crippen molar-refractivity contribution in [2.45, 2.75) is 51.7 Å². The number of hydrogen-bond donors (Lipinski definition) is 1. The van der Waals surface area contributed by atoms with Crippen LogP contribution in [0.25, 0.3) is 0 Å². The van der Waals surface area contributed by atoms with Gasteiger partial charge >= 0.3 is 0 Å². The topological polar surface area (TPSA) is 15.3 Å². The van der Waals surface area contributed by atoms with Gasteiger partial charge in [0.2, 0.25) is 0 Å². The summed E-state index contributed by atoms with van der Waals surface area (Å²) in [5.74, 6) is -0.117. The fraction of sp³-hybridized carbons (Fsp3) is 0.625. The molecule has 1 heterocycles. The van der Waals surface area contributed by atoms with Crippen LogP contribution in [-0.2, 0) is 6.54 Å². The van der Waals surface area contributed by atoms with Crippen molar-refractivity contribution in [3.8, 4) is 0 Å². The van der Waals surface area contributed by atoms with Gasteiger partial charge in [-0.05, 0) is 52.3 Å². The largest absolute Gasteiger partial charge is 0.311 e. The molecule has 0 amide bonds. The molecule has 0 saturated carbocycles. The lowest BCUT2D eigenvalue weighted by Crippen LogP contribution is -2.45. The molecule has 112 valence electrons. The Kier molecular flexibility index (Phi) is 5.21. The van der Waals surface area contributed by atoms with Gasteiger partial charge in [-0.3, -0.25) is 4.90 Å². The number of nitrogens with one attached hydrogen (secondary N) is 1. The molecule has 0 aromatic heterocycles. The molecule has 1 aromatic carbocycles. The van der Waals surface area contributed by atoms with Crippen LogP contribution in [0.3, 0.4) is 0 Å². The molecular formula is C16H24BrFN2. The highest BCUT2D eigenvalue weighted by Crippen LogP contribution is 2.23. The van der Waals surface area contributed by atoms with Crippen LogP contribution in [0.5, 0.6) is 0 Å². The third kappa shape index (κ3) is 4.54. The summed E-state index contributed by atoms with van der Waals surface area (Å²) in [6, 6.07) is 5.86. The third-order valence-corrected chi connectivity index (χ3v) is 4.25. The van der Waals surface area contributed by atoms with Crippen molar-refractivity contribution in [2.24, 2.45) is 0 Å². The van der Waals surface area contributed by atoms with Gasteiger partial charge in [-0.2, -0.15) is 0 Å². The molecular weight excluding hydrogens is 319 g/mol. The quantitative estimate of drug-likeness (QED) is 0.891. The molecule has 0 bridgehead atoms. The summed E-state index contributed by atoms with van der Waals surface area (Å²) in [4.78, 5) is 2.39. The summed E-state index contributed by atoms with van der Waals surface area (Å²) in [6.07, 6.45) is 2.40. The van der Waals surface area contributed by atoms with Crippen LogP contribution < -0.4 is 5.32 Å². The molecule has 1 saturated heterocycles. The van der Waals surface area contributed by atoms with E-state index in [9.17, 15) is 4.39 Å². The number of hydrogen-bond acceptors (Lipinski definition) is 2. The Hall–Kier alpha value is -0.450. The maximum atomic E-state index is 13.9. The summed E-state index contributed by atoms with van der Waals surface area (Å²) >= 11 is 3.30. The smallest absolute Gasteiger partial charge is 0.128 e. The molecule has 2 rings (SSSR count). The van der Waals surface area contributed by atoms with Crippen LogP contribution in [0.15, 0.2) is 22.7 Å². The number of nitrogens with zero attached hydrogens (tertiary/aromatic N) is 1. The van der Waals surface area contributed by atoms with E-state index in [0.29, 0.717) is 12.6 Å². The van der Waals surface area contributed by atoms with Gasteiger partial charge < -0.3 is 5.32 Å². The van der Waals surface area contributed by atoms with Crippen LogP contribution in [0.4, 0.5) is 4.39 Å². The van der Waals surface area contributed by atoms with Crippen molar-refractivity contribution in [2.75, 3.05) is 13.1 Å². The van der Waals surface area contributed by atoms with Crippen molar-refractivity contribution < 1.29 is 4.39 Å². The van der Waals surface area contributed by atoms with Crippen molar-refractivity contribution >= 4 is 15.9 Å². The summed E-state index contributed by atoms with van der Waals surface area (Å²) in [6.45, 7) is 9.28. The zero-order valence-electron chi connectivity index (χ0n) is 12.5. The molecule has 1 aromatic rings. The Balaban J connectivity index is 1.97. The van der Waals surface area contributed by atoms with Gasteiger partial charge in [0.1, 0.15) is 5.82 Å². The molecule has 1 aliphatic heterocycles. The van der Waals surface area contributed by atoms with E-state index in [4.69, 9.17) is 0 Å². The minimum absolute atomic E-state index is 0.117. The van der Waals surface area contributed by atoms with E-state index in [1.807, 2.05) is 12.1 Å². The number of rotatable bonds is 4. The predicted molar refractivity (Wildman–Crippen MR) is 85.3 cm³/mol. The second kappa shape index (κ2) is 6.54. The van der Waals surface area contributed by atoms with E-state index in [1.165, 1.54) is 12.8 Å². The summed E-state index contributed by atoms with van der Waals surface area (Å²) in [5.41, 5.74) is 0.924. The Labute approximate surface area is 129 Å². The lowest BCUT2D eigenvalue weighted by molar-refractivity contribution is 0.223. The Bertz CT molecular complexity index is 456. The van der Waals surface area contributed by atoms with Crippen molar-refractivity contribution in [1.82, 2.24) is 10.2 Å². The minimum Gasteiger partial charge on any atom is -0.311 e. The fourth-order valence-corrected chi connectivity index (χ4v) is 2.96. The maximum absolute atomic E-state index is 13.9. The van der Waals surface area contributed by atoms with E-state index in [1.54, 1.807) is 6.07 Å². The highest BCUT2D eigenvalue weighted by molar-refractivity contribution is 9.10. The van der Waals surface area contributed by atoms with Gasteiger partial charge in [0.05, 0.1) is 0 Å². The van der Waals surface area contributed by atoms with Crippen molar-refractivity contribution in [3.63, 3.8) is 0 Å². The minimum atomic E-state index is -0.117. The standard InChI is InChI=1S/C16H24BrFN2/c1-16(2,3)19-10-14-5-4-8-20(14)11-12-6-7-13(17)9-15(12)18/h6-7,9,14,19H,4-5,8,10-11H2,1-3H3. The average Bonchev–Trinajstić information content (AvgIpc) is 2.77. The average molecular weight is 343 g/mol. The van der Waals surface area contributed by atoms with Crippen LogP contribution in [0, 0.1) is 5.82 Å². The van der Waals surface area contributed by atoms with Gasteiger partial charge in [-0.25, -0.2) is 4.39 Å². The molecule has 1 N–H and O–H groups in total. The zero-order valence-corrected chi connectivity index (χ0v) is 14.1. The first kappa shape index (κ1) is 15.9. The fourth-order valence-electron chi connectivity index (χ4n) is 2.63. The normalized spacial score (nSPS) is 20.6. The monoisotopic (exact) mass is 342 g/mol. The maximum Gasteiger partial charge on any atom is 0.128 e. The van der Waals surface area contributed by atoms with E-state index in [2.05, 4.69) is 46.9 Å². The number of benzene rings is 1. The predicted octanol–water partition coefficient (Wildman–Crippen LogP) is 3.94. The van der Waals surface area contributed by atoms with Gasteiger partial charge in [0.15, 0.2) is 0 Å². The summed E-state index contributed by atoms with van der Waals surface area (Å²) < 4.78 is 14.7. The summed E-state index contributed by atoms with van der Waals surface area (Å²) in [5, 5.41) is 3.56. The lowest BCUT2D eigenvalue weighted by Gasteiger charge is -2.29. The second-order valence-corrected chi connectivity index (χ2v) is 7.55. The molecule has 4 heteroatoms. The molecule has 20 heavy (non-hydrogen) atoms. The zero-order chi connectivity index (χ0) is 14.8. The van der Waals surface area contributed by atoms with Crippen molar-refractivity contribution in [1.29, 1.82) is 0 Å². The van der Waals surface area contributed by atoms with Gasteiger partial charge in [-0.15, -0.1) is 0 Å². The van der Waals surface area contributed by atoms with Gasteiger partial charge in [0, 0.05) is 34.7 Å². The Morgan fingerprint density at radius 3 is 2.80 bits per heavy atom. The first-order valence-corrected chi connectivity index (χ1v) is 8.07. The van der Waals surface area contributed by atoms with E-state index < -0.39 is 0 Å². The van der Waals surface area contributed by atoms with Crippen molar-refractivity contribution in [3.05, 3.63) is 34.1 Å². The van der Waals surface area contributed by atoms with Crippen LogP contribution in [-0.4, -0.2) is 29.6 Å². The molecule has 0 radical (unpaired) electrons. The lowest BCUT2D eigenvalue weighted by atomic mass is 10.1. The first-order chi connectivity index (χ1) is 9.35. The SMILES string of the molecule is CC(C)(C)NCC1CCCN1Cc1ccc(Br)cc1F. The second-order valence-electron chi connectivity index (χ2n) is 6.63. The van der Waals surface area contributed by atoms with Crippen LogP contribution >= 0.6 is 15.9 Å².